The Bertz CT molecular complexity index is 587. The molecule has 1 amide bonds. The standard InChI is InChI=1S/C15H17Cl2NO3/c16-10-2-3-11(20)12(13(10)17)9-8-18(6-1-7-19)14(21)15(9)4-5-15/h2-3,9,19-20H,1,4-8H2. The smallest absolute Gasteiger partial charge is 0.229 e. The number of benzene rings is 1. The molecule has 1 aliphatic heterocycles. The van der Waals surface area contributed by atoms with E-state index in [1.54, 1.807) is 11.0 Å². The summed E-state index contributed by atoms with van der Waals surface area (Å²) in [6.45, 7) is 1.11. The van der Waals surface area contributed by atoms with E-state index in [1.165, 1.54) is 6.07 Å². The molecule has 4 nitrogen and oxygen atoms in total. The van der Waals surface area contributed by atoms with Crippen molar-refractivity contribution >= 4 is 29.1 Å². The van der Waals surface area contributed by atoms with Gasteiger partial charge in [0.05, 0.1) is 15.5 Å². The highest BCUT2D eigenvalue weighted by molar-refractivity contribution is 6.42. The van der Waals surface area contributed by atoms with Gasteiger partial charge in [0, 0.05) is 31.2 Å². The lowest BCUT2D eigenvalue weighted by Crippen LogP contribution is -2.29. The van der Waals surface area contributed by atoms with Crippen LogP contribution < -0.4 is 0 Å². The molecular formula is C15H17Cl2NO3. The first kappa shape index (κ1) is 14.9. The summed E-state index contributed by atoms with van der Waals surface area (Å²) in [5.41, 5.74) is 0.155. The normalized spacial score (nSPS) is 23.1. The summed E-state index contributed by atoms with van der Waals surface area (Å²) in [6.07, 6.45) is 2.19. The van der Waals surface area contributed by atoms with E-state index < -0.39 is 5.41 Å². The summed E-state index contributed by atoms with van der Waals surface area (Å²) in [5, 5.41) is 19.8. The van der Waals surface area contributed by atoms with Crippen molar-refractivity contribution in [3.63, 3.8) is 0 Å². The number of nitrogens with zero attached hydrogens (tertiary/aromatic N) is 1. The van der Waals surface area contributed by atoms with Crippen LogP contribution in [0.1, 0.15) is 30.7 Å². The number of hydrogen-bond acceptors (Lipinski definition) is 3. The summed E-state index contributed by atoms with van der Waals surface area (Å²) in [4.78, 5) is 14.3. The maximum absolute atomic E-state index is 12.6. The lowest BCUT2D eigenvalue weighted by molar-refractivity contribution is -0.132. The molecule has 0 bridgehead atoms. The van der Waals surface area contributed by atoms with Gasteiger partial charge in [-0.05, 0) is 31.4 Å². The van der Waals surface area contributed by atoms with Crippen LogP contribution in [0.2, 0.25) is 10.0 Å². The fourth-order valence-corrected chi connectivity index (χ4v) is 3.80. The Morgan fingerprint density at radius 2 is 2.05 bits per heavy atom. The Morgan fingerprint density at radius 1 is 1.33 bits per heavy atom. The average molecular weight is 330 g/mol. The van der Waals surface area contributed by atoms with Crippen LogP contribution in [0.3, 0.4) is 0 Å². The molecule has 0 radical (unpaired) electrons. The lowest BCUT2D eigenvalue weighted by atomic mass is 9.85. The third kappa shape index (κ3) is 2.30. The van der Waals surface area contributed by atoms with Gasteiger partial charge in [-0.1, -0.05) is 23.2 Å². The number of carbonyl (C=O) groups is 1. The Labute approximate surface area is 133 Å². The van der Waals surface area contributed by atoms with Gasteiger partial charge in [0.15, 0.2) is 0 Å². The van der Waals surface area contributed by atoms with Gasteiger partial charge < -0.3 is 15.1 Å². The van der Waals surface area contributed by atoms with E-state index in [-0.39, 0.29) is 24.2 Å². The first-order valence-corrected chi connectivity index (χ1v) is 7.84. The van der Waals surface area contributed by atoms with Gasteiger partial charge >= 0.3 is 0 Å². The van der Waals surface area contributed by atoms with E-state index in [2.05, 4.69) is 0 Å². The number of carbonyl (C=O) groups excluding carboxylic acids is 1. The van der Waals surface area contributed by atoms with Crippen molar-refractivity contribution in [2.45, 2.75) is 25.2 Å². The van der Waals surface area contributed by atoms with Crippen molar-refractivity contribution in [1.29, 1.82) is 0 Å². The van der Waals surface area contributed by atoms with Gasteiger partial charge in [0.2, 0.25) is 5.91 Å². The van der Waals surface area contributed by atoms with Crippen LogP contribution >= 0.6 is 23.2 Å². The van der Waals surface area contributed by atoms with E-state index in [0.29, 0.717) is 35.1 Å². The van der Waals surface area contributed by atoms with E-state index in [0.717, 1.165) is 12.8 Å². The number of aliphatic hydroxyl groups is 1. The molecule has 1 spiro atoms. The van der Waals surface area contributed by atoms with Gasteiger partial charge in [0.25, 0.3) is 0 Å². The summed E-state index contributed by atoms with van der Waals surface area (Å²) in [7, 11) is 0. The van der Waals surface area contributed by atoms with Crippen molar-refractivity contribution in [1.82, 2.24) is 4.90 Å². The molecule has 2 aliphatic rings. The van der Waals surface area contributed by atoms with Gasteiger partial charge in [-0.3, -0.25) is 4.79 Å². The van der Waals surface area contributed by atoms with Crippen molar-refractivity contribution in [2.75, 3.05) is 19.7 Å². The maximum Gasteiger partial charge on any atom is 0.229 e. The minimum atomic E-state index is -0.429. The van der Waals surface area contributed by atoms with Crippen molar-refractivity contribution in [3.8, 4) is 5.75 Å². The van der Waals surface area contributed by atoms with Crippen LogP contribution in [0.15, 0.2) is 12.1 Å². The Hall–Kier alpha value is -0.970. The number of aliphatic hydroxyl groups excluding tert-OH is 1. The molecule has 1 unspecified atom stereocenters. The van der Waals surface area contributed by atoms with Crippen LogP contribution in [0.5, 0.6) is 5.75 Å². The molecule has 1 heterocycles. The highest BCUT2D eigenvalue weighted by Crippen LogP contribution is 2.63. The Kier molecular flexibility index (Phi) is 3.80. The number of phenolic OH excluding ortho intramolecular Hbond substituents is 1. The maximum atomic E-state index is 12.6. The highest BCUT2D eigenvalue weighted by atomic mass is 35.5. The largest absolute Gasteiger partial charge is 0.508 e. The zero-order valence-electron chi connectivity index (χ0n) is 11.5. The molecule has 21 heavy (non-hydrogen) atoms. The van der Waals surface area contributed by atoms with Crippen LogP contribution in [0.25, 0.3) is 0 Å². The fourth-order valence-electron chi connectivity index (χ4n) is 3.35. The average Bonchev–Trinajstić information content (AvgIpc) is 3.21. The first-order chi connectivity index (χ1) is 10.0. The number of rotatable bonds is 4. The molecular weight excluding hydrogens is 313 g/mol. The molecule has 2 fully saturated rings. The van der Waals surface area contributed by atoms with Crippen molar-refractivity contribution in [2.24, 2.45) is 5.41 Å². The molecule has 1 atom stereocenters. The predicted octanol–water partition coefficient (Wildman–Crippen LogP) is 2.79. The Morgan fingerprint density at radius 3 is 2.67 bits per heavy atom. The first-order valence-electron chi connectivity index (χ1n) is 7.08. The fraction of sp³-hybridized carbons (Fsp3) is 0.533. The third-order valence-corrected chi connectivity index (χ3v) is 5.43. The zero-order chi connectivity index (χ0) is 15.2. The number of halogens is 2. The van der Waals surface area contributed by atoms with E-state index >= 15 is 0 Å². The lowest BCUT2D eigenvalue weighted by Gasteiger charge is -2.19. The van der Waals surface area contributed by atoms with Gasteiger partial charge in [0.1, 0.15) is 5.75 Å². The minimum Gasteiger partial charge on any atom is -0.508 e. The molecule has 3 rings (SSSR count). The quantitative estimate of drug-likeness (QED) is 0.892. The second-order valence-electron chi connectivity index (χ2n) is 5.83. The number of amides is 1. The van der Waals surface area contributed by atoms with Gasteiger partial charge in [-0.2, -0.15) is 0 Å². The van der Waals surface area contributed by atoms with Crippen LogP contribution in [-0.4, -0.2) is 40.7 Å². The highest BCUT2D eigenvalue weighted by Gasteiger charge is 2.62. The van der Waals surface area contributed by atoms with E-state index in [9.17, 15) is 9.90 Å². The summed E-state index contributed by atoms with van der Waals surface area (Å²) < 4.78 is 0. The summed E-state index contributed by atoms with van der Waals surface area (Å²) >= 11 is 12.3. The zero-order valence-corrected chi connectivity index (χ0v) is 13.0. The Balaban J connectivity index is 1.96. The summed E-state index contributed by atoms with van der Waals surface area (Å²) in [6, 6.07) is 3.09. The topological polar surface area (TPSA) is 60.8 Å². The third-order valence-electron chi connectivity index (χ3n) is 4.62. The molecule has 1 aromatic rings. The van der Waals surface area contributed by atoms with Crippen molar-refractivity contribution in [3.05, 3.63) is 27.7 Å². The number of hydrogen-bond donors (Lipinski definition) is 2. The second kappa shape index (κ2) is 5.34. The predicted molar refractivity (Wildman–Crippen MR) is 80.8 cm³/mol. The van der Waals surface area contributed by atoms with Crippen molar-refractivity contribution < 1.29 is 15.0 Å². The van der Waals surface area contributed by atoms with Gasteiger partial charge in [-0.15, -0.1) is 0 Å². The number of likely N-dealkylation sites (tertiary alicyclic amines) is 1. The molecule has 1 aromatic carbocycles. The van der Waals surface area contributed by atoms with E-state index in [1.807, 2.05) is 0 Å². The summed E-state index contributed by atoms with van der Waals surface area (Å²) in [5.74, 6) is 0.0729. The SMILES string of the molecule is O=C1N(CCCO)CC(c2c(O)ccc(Cl)c2Cl)C12CC2. The molecule has 0 aromatic heterocycles. The molecule has 2 N–H and O–H groups in total. The molecule has 1 saturated carbocycles. The minimum absolute atomic E-state index is 0.0601. The molecule has 1 saturated heterocycles. The van der Waals surface area contributed by atoms with E-state index in [4.69, 9.17) is 28.3 Å². The second-order valence-corrected chi connectivity index (χ2v) is 6.62. The number of aromatic hydroxyl groups is 1. The monoisotopic (exact) mass is 329 g/mol. The van der Waals surface area contributed by atoms with Gasteiger partial charge in [-0.25, -0.2) is 0 Å². The molecule has 6 heteroatoms. The molecule has 1 aliphatic carbocycles. The molecule has 114 valence electrons. The van der Waals surface area contributed by atoms with Crippen LogP contribution in [0.4, 0.5) is 0 Å². The van der Waals surface area contributed by atoms with Crippen LogP contribution in [0, 0.1) is 5.41 Å². The van der Waals surface area contributed by atoms with Crippen LogP contribution in [-0.2, 0) is 4.79 Å². The number of phenols is 1.